The number of H-pyrrole nitrogens is 1. The summed E-state index contributed by atoms with van der Waals surface area (Å²) in [6, 6.07) is 8.58. The number of fused-ring (bicyclic) bond motifs is 2. The van der Waals surface area contributed by atoms with Crippen molar-refractivity contribution in [1.82, 2.24) is 24.5 Å². The lowest BCUT2D eigenvalue weighted by molar-refractivity contribution is 0.175. The van der Waals surface area contributed by atoms with Gasteiger partial charge < -0.3 is 9.45 Å². The fourth-order valence-electron chi connectivity index (χ4n) is 5.18. The Morgan fingerprint density at radius 1 is 1.27 bits per heavy atom. The lowest BCUT2D eigenvalue weighted by Gasteiger charge is -2.44. The quantitative estimate of drug-likeness (QED) is 0.365. The Morgan fingerprint density at radius 2 is 1.97 bits per heavy atom. The molecule has 3 aromatic rings. The van der Waals surface area contributed by atoms with Gasteiger partial charge in [-0.15, -0.1) is 4.72 Å². The van der Waals surface area contributed by atoms with Crippen LogP contribution in [0.2, 0.25) is 0 Å². The molecule has 0 saturated carbocycles. The molecule has 1 saturated heterocycles. The molecule has 3 heterocycles. The van der Waals surface area contributed by atoms with Gasteiger partial charge in [-0.3, -0.25) is 14.5 Å². The molecule has 0 radical (unpaired) electrons. The summed E-state index contributed by atoms with van der Waals surface area (Å²) >= 11 is 0.899. The van der Waals surface area contributed by atoms with Gasteiger partial charge in [-0.1, -0.05) is 24.3 Å². The zero-order valence-corrected chi connectivity index (χ0v) is 22.3. The van der Waals surface area contributed by atoms with Crippen LogP contribution in [0.4, 0.5) is 5.95 Å². The first-order valence-electron chi connectivity index (χ1n) is 11.2. The third-order valence-electron chi connectivity index (χ3n) is 7.08. The fourth-order valence-corrected chi connectivity index (χ4v) is 6.73. The Morgan fingerprint density at radius 3 is 2.67 bits per heavy atom. The van der Waals surface area contributed by atoms with Gasteiger partial charge in [0, 0.05) is 36.9 Å². The molecule has 176 valence electrons. The first-order valence-corrected chi connectivity index (χ1v) is 13.4. The van der Waals surface area contributed by atoms with Gasteiger partial charge >= 0.3 is 0 Å². The van der Waals surface area contributed by atoms with Crippen LogP contribution in [0, 0.1) is 9.12 Å². The van der Waals surface area contributed by atoms with Crippen LogP contribution in [0.25, 0.3) is 11.0 Å². The maximum absolute atomic E-state index is 13.1. The van der Waals surface area contributed by atoms with E-state index in [0.717, 1.165) is 32.4 Å². The summed E-state index contributed by atoms with van der Waals surface area (Å²) in [4.78, 5) is 19.9. The molecule has 5 rings (SSSR count). The highest BCUT2D eigenvalue weighted by Crippen LogP contribution is 2.52. The molecule has 8 nitrogen and oxygen atoms in total. The van der Waals surface area contributed by atoms with Gasteiger partial charge in [-0.05, 0) is 73.8 Å². The molecule has 10 heteroatoms. The zero-order chi connectivity index (χ0) is 23.5. The molecule has 1 aliphatic carbocycles. The number of anilines is 1. The summed E-state index contributed by atoms with van der Waals surface area (Å²) in [5, 5.41) is 7.58. The maximum atomic E-state index is 13.1. The number of piperidine rings is 1. The molecular weight excluding hydrogens is 551 g/mol. The molecule has 2 N–H and O–H groups in total. The van der Waals surface area contributed by atoms with E-state index in [4.69, 9.17) is 4.98 Å². The van der Waals surface area contributed by atoms with Crippen molar-refractivity contribution in [2.24, 2.45) is 12.5 Å². The van der Waals surface area contributed by atoms with Crippen molar-refractivity contribution in [2.75, 3.05) is 18.0 Å². The number of aromatic nitrogens is 4. The number of aromatic amines is 1. The van der Waals surface area contributed by atoms with E-state index < -0.39 is 11.4 Å². The molecule has 0 amide bonds. The van der Waals surface area contributed by atoms with Crippen LogP contribution in [0.1, 0.15) is 50.8 Å². The monoisotopic (exact) mass is 580 g/mol. The number of nitrogens with one attached hydrogen (secondary N) is 2. The van der Waals surface area contributed by atoms with Gasteiger partial charge in [-0.2, -0.15) is 10.1 Å². The van der Waals surface area contributed by atoms with Crippen LogP contribution in [0.15, 0.2) is 29.1 Å². The molecule has 2 aliphatic rings. The second-order valence-electron chi connectivity index (χ2n) is 10.2. The van der Waals surface area contributed by atoms with Crippen molar-refractivity contribution in [2.45, 2.75) is 50.8 Å². The first-order chi connectivity index (χ1) is 15.6. The predicted molar refractivity (Wildman–Crippen MR) is 140 cm³/mol. The molecule has 0 unspecified atom stereocenters. The van der Waals surface area contributed by atoms with E-state index >= 15 is 0 Å². The standard InChI is InChI=1S/C23H29IN6O2S/c1-22(2,3)33(32)28-17-15-8-6-5-7-14(15)13-23(17)9-11-30(12-10-23)21-25-19-16(18(24)26-27-19)20(31)29(21)4/h5-8,17,28H,9-13H2,1-4H3,(H,26,27)/t17-,33-/m1/s1. The summed E-state index contributed by atoms with van der Waals surface area (Å²) in [6.07, 6.45) is 2.82. The first kappa shape index (κ1) is 23.1. The van der Waals surface area contributed by atoms with Gasteiger partial charge in [0.2, 0.25) is 5.95 Å². The molecule has 1 aromatic carbocycles. The smallest absolute Gasteiger partial charge is 0.266 e. The van der Waals surface area contributed by atoms with Gasteiger partial charge in [-0.25, -0.2) is 0 Å². The van der Waals surface area contributed by atoms with Crippen LogP contribution in [0.3, 0.4) is 0 Å². The molecule has 33 heavy (non-hydrogen) atoms. The van der Waals surface area contributed by atoms with Crippen molar-refractivity contribution in [1.29, 1.82) is 0 Å². The van der Waals surface area contributed by atoms with Gasteiger partial charge in [0.1, 0.15) is 13.8 Å². The Hall–Kier alpha value is -1.63. The minimum atomic E-state index is -1.16. The van der Waals surface area contributed by atoms with E-state index in [1.54, 1.807) is 11.6 Å². The Labute approximate surface area is 210 Å². The third-order valence-corrected chi connectivity index (χ3v) is 9.42. The number of nitrogens with zero attached hydrogens (tertiary/aromatic N) is 4. The van der Waals surface area contributed by atoms with E-state index in [2.05, 4.69) is 66.7 Å². The number of benzene rings is 1. The number of hydrogen-bond donors (Lipinski definition) is 2. The molecular formula is C23H29IN6O2S. The van der Waals surface area contributed by atoms with E-state index in [1.165, 1.54) is 11.1 Å². The van der Waals surface area contributed by atoms with Gasteiger partial charge in [0.05, 0.1) is 6.04 Å². The normalized spacial score (nSPS) is 21.0. The van der Waals surface area contributed by atoms with Crippen molar-refractivity contribution in [3.63, 3.8) is 0 Å². The van der Waals surface area contributed by atoms with Crippen molar-refractivity contribution >= 4 is 50.9 Å². The predicted octanol–water partition coefficient (Wildman–Crippen LogP) is 3.20. The highest BCUT2D eigenvalue weighted by molar-refractivity contribution is 14.1. The van der Waals surface area contributed by atoms with Gasteiger partial charge in [0.25, 0.3) is 5.56 Å². The number of rotatable bonds is 3. The van der Waals surface area contributed by atoms with E-state index in [0.29, 0.717) is 20.7 Å². The SMILES string of the molecule is Cn1c(N2CCC3(CC2)Cc2ccccc2[C@H]3N[S@+]([O-])C(C)(C)C)nc2[nH]nc(I)c2c1=O. The van der Waals surface area contributed by atoms with Crippen LogP contribution >= 0.6 is 22.6 Å². The zero-order valence-electron chi connectivity index (χ0n) is 19.3. The molecule has 1 aliphatic heterocycles. The average molecular weight is 580 g/mol. The summed E-state index contributed by atoms with van der Waals surface area (Å²) in [7, 11) is 1.78. The lowest BCUT2D eigenvalue weighted by Crippen LogP contribution is -2.50. The van der Waals surface area contributed by atoms with Crippen LogP contribution in [-0.4, -0.2) is 42.1 Å². The summed E-state index contributed by atoms with van der Waals surface area (Å²) in [5.74, 6) is 0.667. The summed E-state index contributed by atoms with van der Waals surface area (Å²) in [6.45, 7) is 7.58. The lowest BCUT2D eigenvalue weighted by atomic mass is 9.73. The van der Waals surface area contributed by atoms with Crippen LogP contribution in [0.5, 0.6) is 0 Å². The molecule has 0 bridgehead atoms. The minimum Gasteiger partial charge on any atom is -0.598 e. The summed E-state index contributed by atoms with van der Waals surface area (Å²) < 4.78 is 18.5. The van der Waals surface area contributed by atoms with E-state index in [9.17, 15) is 9.35 Å². The highest BCUT2D eigenvalue weighted by Gasteiger charge is 2.50. The second kappa shape index (κ2) is 8.24. The largest absolute Gasteiger partial charge is 0.598 e. The fraction of sp³-hybridized carbons (Fsp3) is 0.522. The van der Waals surface area contributed by atoms with Crippen molar-refractivity contribution in [3.8, 4) is 0 Å². The average Bonchev–Trinajstić information content (AvgIpc) is 3.29. The Kier molecular flexibility index (Phi) is 5.78. The Balaban J connectivity index is 1.44. The topological polar surface area (TPSA) is 102 Å². The molecule has 2 atom stereocenters. The molecule has 1 fully saturated rings. The number of hydrogen-bond acceptors (Lipinski definition) is 6. The second-order valence-corrected chi connectivity index (χ2v) is 13.2. The summed E-state index contributed by atoms with van der Waals surface area (Å²) in [5.41, 5.74) is 3.05. The number of halogens is 1. The van der Waals surface area contributed by atoms with E-state index in [1.807, 2.05) is 20.8 Å². The van der Waals surface area contributed by atoms with Crippen LogP contribution < -0.4 is 15.2 Å². The highest BCUT2D eigenvalue weighted by atomic mass is 127. The van der Waals surface area contributed by atoms with Crippen molar-refractivity contribution < 1.29 is 4.55 Å². The Bertz CT molecular complexity index is 1260. The molecule has 2 aromatic heterocycles. The maximum Gasteiger partial charge on any atom is 0.266 e. The van der Waals surface area contributed by atoms with Crippen LogP contribution in [-0.2, 0) is 24.8 Å². The van der Waals surface area contributed by atoms with Gasteiger partial charge in [0.15, 0.2) is 5.65 Å². The molecule has 1 spiro atoms. The van der Waals surface area contributed by atoms with E-state index in [-0.39, 0.29) is 21.8 Å². The third kappa shape index (κ3) is 3.88. The minimum absolute atomic E-state index is 0.00652. The van der Waals surface area contributed by atoms with Crippen molar-refractivity contribution in [3.05, 3.63) is 49.4 Å².